The highest BCUT2D eigenvalue weighted by Crippen LogP contribution is 2.39. The molecule has 2 unspecified atom stereocenters. The normalized spacial score (nSPS) is 16.4. The Labute approximate surface area is 90.8 Å². The summed E-state index contributed by atoms with van der Waals surface area (Å²) in [6.45, 7) is 18.0. The van der Waals surface area contributed by atoms with Gasteiger partial charge in [0.2, 0.25) is 0 Å². The molecule has 0 saturated heterocycles. The summed E-state index contributed by atoms with van der Waals surface area (Å²) >= 11 is 0. The first-order chi connectivity index (χ1) is 6.35. The summed E-state index contributed by atoms with van der Waals surface area (Å²) in [4.78, 5) is 0. The Balaban J connectivity index is 4.47. The minimum Gasteiger partial charge on any atom is -0.100 e. The van der Waals surface area contributed by atoms with E-state index in [1.807, 2.05) is 0 Å². The molecular weight excluding hydrogens is 168 g/mol. The molecule has 0 fully saturated rings. The smallest absolute Gasteiger partial charge is 0.0297 e. The summed E-state index contributed by atoms with van der Waals surface area (Å²) in [6, 6.07) is 0. The SMILES string of the molecule is C=C(C)CC(C)C(CC)C(C)(C)CC. The largest absolute Gasteiger partial charge is 0.100 e. The van der Waals surface area contributed by atoms with Crippen LogP contribution in [0.2, 0.25) is 0 Å². The Kier molecular flexibility index (Phi) is 5.48. The van der Waals surface area contributed by atoms with E-state index >= 15 is 0 Å². The number of hydrogen-bond acceptors (Lipinski definition) is 0. The summed E-state index contributed by atoms with van der Waals surface area (Å²) in [5, 5.41) is 0. The van der Waals surface area contributed by atoms with Crippen LogP contribution in [0.1, 0.15) is 60.8 Å². The van der Waals surface area contributed by atoms with Gasteiger partial charge >= 0.3 is 0 Å². The van der Waals surface area contributed by atoms with Gasteiger partial charge in [0.05, 0.1) is 0 Å². The Bertz CT molecular complexity index is 176. The van der Waals surface area contributed by atoms with Crippen LogP contribution >= 0.6 is 0 Å². The molecule has 0 saturated carbocycles. The molecule has 0 heteroatoms. The Hall–Kier alpha value is -0.260. The number of hydrogen-bond donors (Lipinski definition) is 0. The van der Waals surface area contributed by atoms with Crippen molar-refractivity contribution in [2.45, 2.75) is 60.8 Å². The predicted octanol–water partition coefficient (Wildman–Crippen LogP) is 5.05. The van der Waals surface area contributed by atoms with E-state index in [4.69, 9.17) is 0 Å². The maximum Gasteiger partial charge on any atom is -0.0297 e. The van der Waals surface area contributed by atoms with E-state index in [0.29, 0.717) is 5.41 Å². The van der Waals surface area contributed by atoms with E-state index < -0.39 is 0 Å². The second kappa shape index (κ2) is 5.58. The third-order valence-corrected chi connectivity index (χ3v) is 3.71. The molecule has 0 nitrogen and oxygen atoms in total. The molecule has 0 aliphatic carbocycles. The van der Waals surface area contributed by atoms with Gasteiger partial charge in [-0.3, -0.25) is 0 Å². The molecule has 0 spiro atoms. The lowest BCUT2D eigenvalue weighted by molar-refractivity contribution is 0.135. The Morgan fingerprint density at radius 3 is 2.07 bits per heavy atom. The van der Waals surface area contributed by atoms with Gasteiger partial charge in [-0.15, -0.1) is 6.58 Å². The van der Waals surface area contributed by atoms with E-state index in [-0.39, 0.29) is 0 Å². The Morgan fingerprint density at radius 2 is 1.79 bits per heavy atom. The van der Waals surface area contributed by atoms with Crippen LogP contribution in [0.15, 0.2) is 12.2 Å². The van der Waals surface area contributed by atoms with Crippen LogP contribution in [-0.4, -0.2) is 0 Å². The second-order valence-electron chi connectivity index (χ2n) is 5.50. The Morgan fingerprint density at radius 1 is 1.29 bits per heavy atom. The molecule has 84 valence electrons. The zero-order valence-electron chi connectivity index (χ0n) is 11.0. The average molecular weight is 196 g/mol. The molecule has 0 aromatic rings. The fraction of sp³-hybridized carbons (Fsp3) is 0.857. The van der Waals surface area contributed by atoms with Crippen LogP contribution in [0.3, 0.4) is 0 Å². The van der Waals surface area contributed by atoms with Crippen LogP contribution in [0.5, 0.6) is 0 Å². The minimum atomic E-state index is 0.476. The van der Waals surface area contributed by atoms with Gasteiger partial charge in [0.25, 0.3) is 0 Å². The van der Waals surface area contributed by atoms with Crippen LogP contribution in [-0.2, 0) is 0 Å². The lowest BCUT2D eigenvalue weighted by Crippen LogP contribution is -2.28. The van der Waals surface area contributed by atoms with Gasteiger partial charge in [-0.2, -0.15) is 0 Å². The average Bonchev–Trinajstić information content (AvgIpc) is 2.03. The highest BCUT2D eigenvalue weighted by molar-refractivity contribution is 4.93. The fourth-order valence-corrected chi connectivity index (χ4v) is 2.68. The molecule has 14 heavy (non-hydrogen) atoms. The third kappa shape index (κ3) is 3.86. The van der Waals surface area contributed by atoms with Crippen molar-refractivity contribution in [2.75, 3.05) is 0 Å². The molecule has 0 aliphatic heterocycles. The number of allylic oxidation sites excluding steroid dienone is 1. The first kappa shape index (κ1) is 13.7. The zero-order valence-corrected chi connectivity index (χ0v) is 11.0. The molecule has 0 aromatic heterocycles. The molecule has 0 aromatic carbocycles. The minimum absolute atomic E-state index is 0.476. The number of rotatable bonds is 6. The predicted molar refractivity (Wildman–Crippen MR) is 66.4 cm³/mol. The van der Waals surface area contributed by atoms with E-state index in [2.05, 4.69) is 48.1 Å². The molecule has 0 N–H and O–H groups in total. The molecule has 2 atom stereocenters. The van der Waals surface area contributed by atoms with Crippen molar-refractivity contribution in [2.24, 2.45) is 17.3 Å². The van der Waals surface area contributed by atoms with Gasteiger partial charge < -0.3 is 0 Å². The van der Waals surface area contributed by atoms with Crippen LogP contribution < -0.4 is 0 Å². The molecule has 0 heterocycles. The van der Waals surface area contributed by atoms with Crippen LogP contribution in [0.4, 0.5) is 0 Å². The van der Waals surface area contributed by atoms with Gasteiger partial charge in [-0.25, -0.2) is 0 Å². The monoisotopic (exact) mass is 196 g/mol. The van der Waals surface area contributed by atoms with Gasteiger partial charge in [-0.05, 0) is 30.6 Å². The van der Waals surface area contributed by atoms with E-state index in [9.17, 15) is 0 Å². The molecular formula is C14H28. The van der Waals surface area contributed by atoms with Gasteiger partial charge in [-0.1, -0.05) is 53.0 Å². The summed E-state index contributed by atoms with van der Waals surface area (Å²) in [5.41, 5.74) is 1.80. The van der Waals surface area contributed by atoms with Gasteiger partial charge in [0.15, 0.2) is 0 Å². The first-order valence-corrected chi connectivity index (χ1v) is 5.99. The van der Waals surface area contributed by atoms with Crippen molar-refractivity contribution in [3.05, 3.63) is 12.2 Å². The quantitative estimate of drug-likeness (QED) is 0.521. The summed E-state index contributed by atoms with van der Waals surface area (Å²) < 4.78 is 0. The van der Waals surface area contributed by atoms with Crippen molar-refractivity contribution in [3.8, 4) is 0 Å². The lowest BCUT2D eigenvalue weighted by atomic mass is 9.68. The topological polar surface area (TPSA) is 0 Å². The third-order valence-electron chi connectivity index (χ3n) is 3.71. The highest BCUT2D eigenvalue weighted by Gasteiger charge is 2.30. The standard InChI is InChI=1S/C14H28/c1-8-13(14(6,7)9-2)12(5)10-11(3)4/h12-13H,3,8-10H2,1-2,4-7H3. The highest BCUT2D eigenvalue weighted by atomic mass is 14.3. The van der Waals surface area contributed by atoms with Crippen molar-refractivity contribution < 1.29 is 0 Å². The molecule has 0 radical (unpaired) electrons. The lowest BCUT2D eigenvalue weighted by Gasteiger charge is -2.37. The van der Waals surface area contributed by atoms with E-state index in [0.717, 1.165) is 11.8 Å². The summed E-state index contributed by atoms with van der Waals surface area (Å²) in [6.07, 6.45) is 3.74. The van der Waals surface area contributed by atoms with Crippen molar-refractivity contribution in [1.29, 1.82) is 0 Å². The molecule has 0 aliphatic rings. The van der Waals surface area contributed by atoms with Crippen molar-refractivity contribution in [1.82, 2.24) is 0 Å². The molecule has 0 bridgehead atoms. The van der Waals surface area contributed by atoms with E-state index in [1.165, 1.54) is 24.8 Å². The van der Waals surface area contributed by atoms with Gasteiger partial charge in [0.1, 0.15) is 0 Å². The van der Waals surface area contributed by atoms with E-state index in [1.54, 1.807) is 0 Å². The second-order valence-corrected chi connectivity index (χ2v) is 5.50. The maximum atomic E-state index is 4.02. The fourth-order valence-electron chi connectivity index (χ4n) is 2.68. The molecule has 0 rings (SSSR count). The maximum absolute atomic E-state index is 4.02. The van der Waals surface area contributed by atoms with Crippen molar-refractivity contribution >= 4 is 0 Å². The van der Waals surface area contributed by atoms with Crippen LogP contribution in [0, 0.1) is 17.3 Å². The van der Waals surface area contributed by atoms with Crippen molar-refractivity contribution in [3.63, 3.8) is 0 Å². The molecule has 0 amide bonds. The summed E-state index contributed by atoms with van der Waals surface area (Å²) in [5.74, 6) is 1.59. The summed E-state index contributed by atoms with van der Waals surface area (Å²) in [7, 11) is 0. The van der Waals surface area contributed by atoms with Crippen LogP contribution in [0.25, 0.3) is 0 Å². The first-order valence-electron chi connectivity index (χ1n) is 5.99. The van der Waals surface area contributed by atoms with Gasteiger partial charge in [0, 0.05) is 0 Å². The zero-order chi connectivity index (χ0) is 11.4.